The van der Waals surface area contributed by atoms with Crippen molar-refractivity contribution in [2.45, 2.75) is 25.8 Å². The topological polar surface area (TPSA) is 56.7 Å². The molecule has 4 heteroatoms. The van der Waals surface area contributed by atoms with Crippen LogP contribution in [-0.4, -0.2) is 21.5 Å². The highest BCUT2D eigenvalue weighted by Crippen LogP contribution is 1.95. The number of unbranched alkanes of at least 4 members (excludes halogenated alkanes) is 2. The molecular weight excluding hydrogens is 140 g/mol. The fraction of sp³-hybridized carbons (Fsp3) is 0.714. The van der Waals surface area contributed by atoms with Crippen molar-refractivity contribution >= 4 is 0 Å². The first-order valence-corrected chi connectivity index (χ1v) is 3.97. The summed E-state index contributed by atoms with van der Waals surface area (Å²) < 4.78 is 1.84. The summed E-state index contributed by atoms with van der Waals surface area (Å²) in [6.45, 7) is 1.75. The van der Waals surface area contributed by atoms with Crippen LogP contribution in [0.25, 0.3) is 0 Å². The minimum Gasteiger partial charge on any atom is -0.330 e. The van der Waals surface area contributed by atoms with Gasteiger partial charge in [0.25, 0.3) is 0 Å². The number of aryl methyl sites for hydroxylation is 1. The summed E-state index contributed by atoms with van der Waals surface area (Å²) in [6, 6.07) is 0. The van der Waals surface area contributed by atoms with Crippen molar-refractivity contribution < 1.29 is 0 Å². The van der Waals surface area contributed by atoms with Gasteiger partial charge in [0.05, 0.1) is 6.20 Å². The molecule has 11 heavy (non-hydrogen) atoms. The lowest BCUT2D eigenvalue weighted by atomic mass is 10.2. The third-order valence-corrected chi connectivity index (χ3v) is 1.56. The lowest BCUT2D eigenvalue weighted by Gasteiger charge is -1.98. The maximum atomic E-state index is 5.35. The van der Waals surface area contributed by atoms with Gasteiger partial charge in [0.1, 0.15) is 0 Å². The van der Waals surface area contributed by atoms with Crippen molar-refractivity contribution in [3.63, 3.8) is 0 Å². The second-order valence-corrected chi connectivity index (χ2v) is 2.52. The maximum Gasteiger partial charge on any atom is 0.0692 e. The van der Waals surface area contributed by atoms with Gasteiger partial charge in [0.2, 0.25) is 0 Å². The third-order valence-electron chi connectivity index (χ3n) is 1.56. The van der Waals surface area contributed by atoms with Crippen molar-refractivity contribution in [2.75, 3.05) is 6.54 Å². The van der Waals surface area contributed by atoms with Crippen LogP contribution in [0, 0.1) is 0 Å². The molecule has 0 saturated carbocycles. The lowest BCUT2D eigenvalue weighted by molar-refractivity contribution is 0.532. The minimum atomic E-state index is 0.789. The predicted octanol–water partition coefficient (Wildman–Crippen LogP) is 0.407. The average Bonchev–Trinajstić information content (AvgIpc) is 2.50. The Morgan fingerprint density at radius 3 is 2.82 bits per heavy atom. The highest BCUT2D eigenvalue weighted by molar-refractivity contribution is 4.63. The number of aromatic nitrogens is 3. The zero-order chi connectivity index (χ0) is 7.94. The van der Waals surface area contributed by atoms with Crippen molar-refractivity contribution in [3.05, 3.63) is 12.4 Å². The van der Waals surface area contributed by atoms with E-state index < -0.39 is 0 Å². The van der Waals surface area contributed by atoms with Crippen molar-refractivity contribution in [2.24, 2.45) is 5.73 Å². The molecule has 0 saturated heterocycles. The average molecular weight is 154 g/mol. The van der Waals surface area contributed by atoms with E-state index in [9.17, 15) is 0 Å². The van der Waals surface area contributed by atoms with Gasteiger partial charge < -0.3 is 5.73 Å². The normalized spacial score (nSPS) is 10.3. The van der Waals surface area contributed by atoms with Gasteiger partial charge >= 0.3 is 0 Å². The number of hydrogen-bond acceptors (Lipinski definition) is 3. The van der Waals surface area contributed by atoms with E-state index in [1.54, 1.807) is 6.20 Å². The number of hydrogen-bond donors (Lipinski definition) is 1. The molecule has 0 unspecified atom stereocenters. The Bertz CT molecular complexity index is 171. The van der Waals surface area contributed by atoms with E-state index >= 15 is 0 Å². The van der Waals surface area contributed by atoms with Gasteiger partial charge in [-0.2, -0.15) is 0 Å². The number of nitrogens with two attached hydrogens (primary N) is 1. The Kier molecular flexibility index (Phi) is 3.61. The molecular formula is C7H14N4. The van der Waals surface area contributed by atoms with E-state index in [4.69, 9.17) is 5.73 Å². The Morgan fingerprint density at radius 2 is 2.18 bits per heavy atom. The van der Waals surface area contributed by atoms with Gasteiger partial charge in [-0.3, -0.25) is 4.68 Å². The highest BCUT2D eigenvalue weighted by Gasteiger charge is 1.90. The molecule has 62 valence electrons. The van der Waals surface area contributed by atoms with Crippen LogP contribution in [0.5, 0.6) is 0 Å². The first kappa shape index (κ1) is 8.20. The molecule has 2 N–H and O–H groups in total. The highest BCUT2D eigenvalue weighted by atomic mass is 15.4. The molecule has 1 rings (SSSR count). The first-order chi connectivity index (χ1) is 5.43. The molecule has 0 aromatic carbocycles. The quantitative estimate of drug-likeness (QED) is 0.625. The van der Waals surface area contributed by atoms with Crippen molar-refractivity contribution in [3.8, 4) is 0 Å². The molecule has 0 aliphatic carbocycles. The summed E-state index contributed by atoms with van der Waals surface area (Å²) in [6.07, 6.45) is 7.00. The van der Waals surface area contributed by atoms with Crippen LogP contribution in [0.2, 0.25) is 0 Å². The van der Waals surface area contributed by atoms with Crippen LogP contribution in [0.15, 0.2) is 12.4 Å². The number of nitrogens with zero attached hydrogens (tertiary/aromatic N) is 3. The van der Waals surface area contributed by atoms with Gasteiger partial charge in [-0.25, -0.2) is 0 Å². The summed E-state index contributed by atoms with van der Waals surface area (Å²) in [5, 5.41) is 7.56. The van der Waals surface area contributed by atoms with Gasteiger partial charge in [-0.15, -0.1) is 5.10 Å². The predicted molar refractivity (Wildman–Crippen MR) is 42.9 cm³/mol. The molecule has 1 aromatic heterocycles. The Labute approximate surface area is 66.4 Å². The fourth-order valence-corrected chi connectivity index (χ4v) is 0.947. The molecule has 4 nitrogen and oxygen atoms in total. The molecule has 0 aliphatic heterocycles. The van der Waals surface area contributed by atoms with E-state index in [-0.39, 0.29) is 0 Å². The van der Waals surface area contributed by atoms with Gasteiger partial charge in [-0.1, -0.05) is 11.6 Å². The molecule has 0 aliphatic rings. The molecule has 0 bridgehead atoms. The third kappa shape index (κ3) is 3.13. The molecule has 0 amide bonds. The zero-order valence-electron chi connectivity index (χ0n) is 6.61. The second kappa shape index (κ2) is 4.85. The molecule has 0 fully saturated rings. The Hall–Kier alpha value is -0.900. The summed E-state index contributed by atoms with van der Waals surface area (Å²) in [4.78, 5) is 0. The van der Waals surface area contributed by atoms with Gasteiger partial charge in [0, 0.05) is 12.7 Å². The standard InChI is InChI=1S/C7H14N4/c8-4-2-1-3-6-11-7-5-9-10-11/h5,7H,1-4,6,8H2. The molecule has 1 heterocycles. The first-order valence-electron chi connectivity index (χ1n) is 3.97. The molecule has 1 aromatic rings. The van der Waals surface area contributed by atoms with Gasteiger partial charge in [0.15, 0.2) is 0 Å². The van der Waals surface area contributed by atoms with Crippen LogP contribution in [0.3, 0.4) is 0 Å². The number of rotatable bonds is 5. The van der Waals surface area contributed by atoms with E-state index in [0.29, 0.717) is 0 Å². The fourth-order valence-electron chi connectivity index (χ4n) is 0.947. The van der Waals surface area contributed by atoms with Crippen LogP contribution >= 0.6 is 0 Å². The summed E-state index contributed by atoms with van der Waals surface area (Å²) in [5.41, 5.74) is 5.35. The van der Waals surface area contributed by atoms with E-state index in [1.807, 2.05) is 10.9 Å². The van der Waals surface area contributed by atoms with Gasteiger partial charge in [-0.05, 0) is 19.4 Å². The SMILES string of the molecule is NCCCCCn1ccnn1. The molecule has 0 atom stereocenters. The second-order valence-electron chi connectivity index (χ2n) is 2.52. The van der Waals surface area contributed by atoms with Crippen LogP contribution < -0.4 is 5.73 Å². The largest absolute Gasteiger partial charge is 0.330 e. The summed E-state index contributed by atoms with van der Waals surface area (Å²) in [7, 11) is 0. The smallest absolute Gasteiger partial charge is 0.0692 e. The monoisotopic (exact) mass is 154 g/mol. The summed E-state index contributed by atoms with van der Waals surface area (Å²) in [5.74, 6) is 0. The molecule has 0 spiro atoms. The molecule has 0 radical (unpaired) electrons. The van der Waals surface area contributed by atoms with Crippen molar-refractivity contribution in [1.82, 2.24) is 15.0 Å². The Morgan fingerprint density at radius 1 is 1.27 bits per heavy atom. The Balaban J connectivity index is 2.04. The van der Waals surface area contributed by atoms with Crippen LogP contribution in [0.1, 0.15) is 19.3 Å². The van der Waals surface area contributed by atoms with Crippen LogP contribution in [-0.2, 0) is 6.54 Å². The zero-order valence-corrected chi connectivity index (χ0v) is 6.61. The summed E-state index contributed by atoms with van der Waals surface area (Å²) >= 11 is 0. The maximum absolute atomic E-state index is 5.35. The van der Waals surface area contributed by atoms with E-state index in [1.165, 1.54) is 6.42 Å². The van der Waals surface area contributed by atoms with Crippen LogP contribution in [0.4, 0.5) is 0 Å². The van der Waals surface area contributed by atoms with Crippen molar-refractivity contribution in [1.29, 1.82) is 0 Å². The lowest BCUT2D eigenvalue weighted by Crippen LogP contribution is -2.01. The minimum absolute atomic E-state index is 0.789. The van der Waals surface area contributed by atoms with E-state index in [0.717, 1.165) is 25.9 Å². The van der Waals surface area contributed by atoms with E-state index in [2.05, 4.69) is 10.3 Å².